The molecular weight excluding hydrogens is 236 g/mol. The molecule has 0 amide bonds. The van der Waals surface area contributed by atoms with Crippen LogP contribution in [0, 0.1) is 6.92 Å². The maximum absolute atomic E-state index is 10.7. The van der Waals surface area contributed by atoms with Crippen molar-refractivity contribution < 1.29 is 9.90 Å². The number of hydrogen-bond acceptors (Lipinski definition) is 5. The number of hydrogen-bond donors (Lipinski definition) is 1. The van der Waals surface area contributed by atoms with Gasteiger partial charge in [0.25, 0.3) is 0 Å². The molecule has 0 aliphatic rings. The van der Waals surface area contributed by atoms with Crippen LogP contribution in [0.1, 0.15) is 25.1 Å². The second kappa shape index (κ2) is 4.55. The Kier molecular flexibility index (Phi) is 3.09. The predicted octanol–water partition coefficient (Wildman–Crippen LogP) is 0.418. The average molecular weight is 250 g/mol. The summed E-state index contributed by atoms with van der Waals surface area (Å²) in [5, 5.41) is 24.4. The summed E-state index contributed by atoms with van der Waals surface area (Å²) in [4.78, 5) is 10.7. The van der Waals surface area contributed by atoms with Crippen molar-refractivity contribution in [1.29, 1.82) is 0 Å². The Morgan fingerprint density at radius 2 is 2.28 bits per heavy atom. The van der Waals surface area contributed by atoms with E-state index in [9.17, 15) is 4.79 Å². The van der Waals surface area contributed by atoms with Crippen LogP contribution < -0.4 is 0 Å². The maximum Gasteiger partial charge on any atom is 0.305 e. The summed E-state index contributed by atoms with van der Waals surface area (Å²) in [5.74, 6) is -0.346. The van der Waals surface area contributed by atoms with E-state index in [1.807, 2.05) is 20.2 Å². The van der Waals surface area contributed by atoms with Crippen LogP contribution >= 0.6 is 0 Å². The Bertz CT molecular complexity index is 573. The van der Waals surface area contributed by atoms with Crippen LogP contribution in [0.3, 0.4) is 0 Å². The van der Waals surface area contributed by atoms with E-state index >= 15 is 0 Å². The molecule has 96 valence electrons. The number of tetrazole rings is 1. The maximum atomic E-state index is 10.7. The van der Waals surface area contributed by atoms with Gasteiger partial charge in [0.15, 0.2) is 5.82 Å². The lowest BCUT2D eigenvalue weighted by Gasteiger charge is -2.10. The number of rotatable bonds is 4. The van der Waals surface area contributed by atoms with Gasteiger partial charge >= 0.3 is 5.97 Å². The van der Waals surface area contributed by atoms with Gasteiger partial charge in [0.05, 0.1) is 23.7 Å². The first-order chi connectivity index (χ1) is 8.49. The zero-order valence-electron chi connectivity index (χ0n) is 10.4. The molecule has 0 saturated heterocycles. The highest BCUT2D eigenvalue weighted by Crippen LogP contribution is 2.22. The van der Waals surface area contributed by atoms with Crippen molar-refractivity contribution in [1.82, 2.24) is 30.0 Å². The molecule has 0 aliphatic carbocycles. The first-order valence-electron chi connectivity index (χ1n) is 5.49. The number of carboxylic acid groups (broad SMARTS) is 1. The van der Waals surface area contributed by atoms with Crippen LogP contribution in [0.5, 0.6) is 0 Å². The highest BCUT2D eigenvalue weighted by molar-refractivity contribution is 5.67. The number of nitrogens with zero attached hydrogens (tertiary/aromatic N) is 6. The molecule has 0 spiro atoms. The van der Waals surface area contributed by atoms with Crippen molar-refractivity contribution >= 4 is 5.97 Å². The van der Waals surface area contributed by atoms with Crippen LogP contribution in [0.2, 0.25) is 0 Å². The van der Waals surface area contributed by atoms with Gasteiger partial charge in [-0.2, -0.15) is 5.10 Å². The Hall–Kier alpha value is -2.25. The third kappa shape index (κ3) is 2.22. The van der Waals surface area contributed by atoms with Gasteiger partial charge < -0.3 is 5.11 Å². The van der Waals surface area contributed by atoms with Gasteiger partial charge in [-0.05, 0) is 24.3 Å². The Morgan fingerprint density at radius 1 is 1.56 bits per heavy atom. The summed E-state index contributed by atoms with van der Waals surface area (Å²) in [5.41, 5.74) is 1.61. The van der Waals surface area contributed by atoms with Gasteiger partial charge in [-0.15, -0.1) is 5.10 Å². The fourth-order valence-corrected chi connectivity index (χ4v) is 1.83. The van der Waals surface area contributed by atoms with Crippen molar-refractivity contribution in [3.05, 3.63) is 11.9 Å². The summed E-state index contributed by atoms with van der Waals surface area (Å²) in [6.07, 6.45) is 1.78. The zero-order valence-corrected chi connectivity index (χ0v) is 10.4. The van der Waals surface area contributed by atoms with E-state index in [0.29, 0.717) is 5.82 Å². The summed E-state index contributed by atoms with van der Waals surface area (Å²) < 4.78 is 3.18. The molecule has 1 N–H and O–H groups in total. The van der Waals surface area contributed by atoms with Gasteiger partial charge in [0.2, 0.25) is 0 Å². The van der Waals surface area contributed by atoms with Crippen LogP contribution in [-0.4, -0.2) is 41.1 Å². The predicted molar refractivity (Wildman–Crippen MR) is 61.7 cm³/mol. The van der Waals surface area contributed by atoms with Gasteiger partial charge in [0.1, 0.15) is 0 Å². The highest BCUT2D eigenvalue weighted by Gasteiger charge is 2.19. The normalized spacial score (nSPS) is 12.6. The Labute approximate surface area is 103 Å². The van der Waals surface area contributed by atoms with E-state index in [1.54, 1.807) is 11.6 Å². The van der Waals surface area contributed by atoms with Gasteiger partial charge in [0, 0.05) is 13.2 Å². The topological polar surface area (TPSA) is 98.7 Å². The second-order valence-corrected chi connectivity index (χ2v) is 4.20. The monoisotopic (exact) mass is 250 g/mol. The third-order valence-electron chi connectivity index (χ3n) is 2.63. The number of carboxylic acids is 1. The van der Waals surface area contributed by atoms with E-state index in [2.05, 4.69) is 20.6 Å². The zero-order chi connectivity index (χ0) is 13.3. The van der Waals surface area contributed by atoms with Crippen LogP contribution in [-0.2, 0) is 11.8 Å². The van der Waals surface area contributed by atoms with Crippen LogP contribution in [0.15, 0.2) is 6.20 Å². The minimum absolute atomic E-state index is 0.0304. The minimum Gasteiger partial charge on any atom is -0.481 e. The van der Waals surface area contributed by atoms with E-state index in [1.165, 1.54) is 4.68 Å². The molecule has 2 rings (SSSR count). The van der Waals surface area contributed by atoms with E-state index in [4.69, 9.17) is 5.11 Å². The van der Waals surface area contributed by atoms with Gasteiger partial charge in [-0.25, -0.2) is 4.68 Å². The number of aryl methyl sites for hydroxylation is 2. The molecule has 0 aromatic carbocycles. The quantitative estimate of drug-likeness (QED) is 0.844. The molecule has 1 unspecified atom stereocenters. The first-order valence-corrected chi connectivity index (χ1v) is 5.49. The van der Waals surface area contributed by atoms with E-state index < -0.39 is 5.97 Å². The summed E-state index contributed by atoms with van der Waals surface area (Å²) >= 11 is 0. The molecule has 18 heavy (non-hydrogen) atoms. The molecule has 2 aromatic heterocycles. The van der Waals surface area contributed by atoms with Gasteiger partial charge in [-0.1, -0.05) is 0 Å². The molecule has 2 aromatic rings. The minimum atomic E-state index is -0.883. The number of aromatic nitrogens is 6. The molecule has 8 nitrogen and oxygen atoms in total. The summed E-state index contributed by atoms with van der Waals surface area (Å²) in [6.45, 7) is 3.62. The fraction of sp³-hybridized carbons (Fsp3) is 0.500. The van der Waals surface area contributed by atoms with E-state index in [0.717, 1.165) is 11.3 Å². The first kappa shape index (κ1) is 12.2. The molecule has 2 heterocycles. The number of carbonyl (C=O) groups is 1. The highest BCUT2D eigenvalue weighted by atomic mass is 16.4. The second-order valence-electron chi connectivity index (χ2n) is 4.20. The molecule has 8 heteroatoms. The molecule has 0 bridgehead atoms. The van der Waals surface area contributed by atoms with Crippen LogP contribution in [0.25, 0.3) is 11.4 Å². The van der Waals surface area contributed by atoms with Crippen LogP contribution in [0.4, 0.5) is 0 Å². The smallest absolute Gasteiger partial charge is 0.305 e. The standard InChI is InChI=1S/C10H14N6O2/c1-6(4-9(17)18)16-10(11-13-14-16)8-5-15(3)12-7(8)2/h5-6H,4H2,1-3H3,(H,17,18). The lowest BCUT2D eigenvalue weighted by atomic mass is 10.2. The fourth-order valence-electron chi connectivity index (χ4n) is 1.83. The molecule has 1 atom stereocenters. The summed E-state index contributed by atoms with van der Waals surface area (Å²) in [7, 11) is 1.81. The molecular formula is C10H14N6O2. The van der Waals surface area contributed by atoms with Crippen molar-refractivity contribution in [2.24, 2.45) is 7.05 Å². The molecule has 0 aliphatic heterocycles. The summed E-state index contributed by atoms with van der Waals surface area (Å²) in [6, 6.07) is -0.313. The molecule has 0 radical (unpaired) electrons. The number of aliphatic carboxylic acids is 1. The lowest BCUT2D eigenvalue weighted by molar-refractivity contribution is -0.137. The van der Waals surface area contributed by atoms with Gasteiger partial charge in [-0.3, -0.25) is 9.48 Å². The molecule has 0 saturated carbocycles. The van der Waals surface area contributed by atoms with Crippen molar-refractivity contribution in [2.75, 3.05) is 0 Å². The van der Waals surface area contributed by atoms with E-state index in [-0.39, 0.29) is 12.5 Å². The molecule has 0 fully saturated rings. The Morgan fingerprint density at radius 3 is 2.83 bits per heavy atom. The largest absolute Gasteiger partial charge is 0.481 e. The average Bonchev–Trinajstić information content (AvgIpc) is 2.83. The van der Waals surface area contributed by atoms with Crippen molar-refractivity contribution in [3.8, 4) is 11.4 Å². The third-order valence-corrected chi connectivity index (χ3v) is 2.63. The lowest BCUT2D eigenvalue weighted by Crippen LogP contribution is -2.13. The SMILES string of the molecule is Cc1nn(C)cc1-c1nnnn1C(C)CC(=O)O. The van der Waals surface area contributed by atoms with Crippen molar-refractivity contribution in [3.63, 3.8) is 0 Å². The van der Waals surface area contributed by atoms with Crippen molar-refractivity contribution in [2.45, 2.75) is 26.3 Å². The Balaban J connectivity index is 2.38.